The van der Waals surface area contributed by atoms with Gasteiger partial charge in [-0.1, -0.05) is 140 Å². The number of nitrogens with zero attached hydrogens (tertiary/aromatic N) is 3. The van der Waals surface area contributed by atoms with Crippen LogP contribution in [0.15, 0.2) is 185 Å². The van der Waals surface area contributed by atoms with E-state index in [9.17, 15) is 0 Å². The van der Waals surface area contributed by atoms with Crippen molar-refractivity contribution in [1.82, 2.24) is 15.0 Å². The second-order valence-corrected chi connectivity index (χ2v) is 15.4. The number of aromatic nitrogens is 3. The minimum atomic E-state index is 0.552. The molecule has 0 saturated heterocycles. The molecule has 0 fully saturated rings. The zero-order valence-corrected chi connectivity index (χ0v) is 31.1. The Morgan fingerprint density at radius 1 is 0.333 bits per heavy atom. The predicted octanol–water partition coefficient (Wildman–Crippen LogP) is 14.4. The Morgan fingerprint density at radius 3 is 1.65 bits per heavy atom. The van der Waals surface area contributed by atoms with Gasteiger partial charge >= 0.3 is 0 Å². The van der Waals surface area contributed by atoms with Gasteiger partial charge in [0.05, 0.1) is 5.56 Å². The maximum absolute atomic E-state index is 7.02. The van der Waals surface area contributed by atoms with E-state index in [1.54, 1.807) is 0 Å². The molecular formula is C51H29N3O2S. The molecule has 4 heterocycles. The first-order valence-electron chi connectivity index (χ1n) is 18.9. The van der Waals surface area contributed by atoms with Crippen LogP contribution in [-0.2, 0) is 0 Å². The maximum Gasteiger partial charge on any atom is 0.167 e. The van der Waals surface area contributed by atoms with Crippen molar-refractivity contribution in [1.29, 1.82) is 0 Å². The molecule has 266 valence electrons. The second-order valence-electron chi connectivity index (χ2n) is 14.3. The third-order valence-corrected chi connectivity index (χ3v) is 12.1. The SMILES string of the molecule is c1ccc(-c2nc(-c3ccccc3)nc(-c3cccc4c3oc3c(-c5cc(-c6cccc7sc8ccccc8c67)c6c(c5)oc5ccccc56)cccc34)n2)cc1. The summed E-state index contributed by atoms with van der Waals surface area (Å²) in [5, 5.41) is 6.73. The van der Waals surface area contributed by atoms with Crippen LogP contribution in [0.5, 0.6) is 0 Å². The number of para-hydroxylation sites is 3. The van der Waals surface area contributed by atoms with Gasteiger partial charge in [-0.05, 0) is 53.1 Å². The summed E-state index contributed by atoms with van der Waals surface area (Å²) < 4.78 is 16.2. The Bertz CT molecular complexity index is 3470. The molecule has 0 radical (unpaired) electrons. The Hall–Kier alpha value is -7.41. The third-order valence-electron chi connectivity index (χ3n) is 10.9. The third kappa shape index (κ3) is 5.04. The Labute approximate surface area is 330 Å². The van der Waals surface area contributed by atoms with E-state index >= 15 is 0 Å². The van der Waals surface area contributed by atoms with Gasteiger partial charge in [-0.2, -0.15) is 0 Å². The zero-order chi connectivity index (χ0) is 37.5. The van der Waals surface area contributed by atoms with Gasteiger partial charge in [-0.25, -0.2) is 15.0 Å². The molecule has 0 unspecified atom stereocenters. The van der Waals surface area contributed by atoms with E-state index < -0.39 is 0 Å². The van der Waals surface area contributed by atoms with E-state index in [0.29, 0.717) is 17.5 Å². The van der Waals surface area contributed by atoms with Crippen molar-refractivity contribution in [3.8, 4) is 56.4 Å². The van der Waals surface area contributed by atoms with Crippen LogP contribution in [-0.4, -0.2) is 15.0 Å². The number of fused-ring (bicyclic) bond motifs is 9. The smallest absolute Gasteiger partial charge is 0.167 e. The quantitative estimate of drug-likeness (QED) is 0.175. The average Bonchev–Trinajstić information content (AvgIpc) is 3.98. The van der Waals surface area contributed by atoms with Crippen molar-refractivity contribution in [3.63, 3.8) is 0 Å². The van der Waals surface area contributed by atoms with Crippen molar-refractivity contribution < 1.29 is 8.83 Å². The molecule has 8 aromatic carbocycles. The molecule has 0 amide bonds. The average molecular weight is 748 g/mol. The normalized spacial score (nSPS) is 11.9. The first-order chi connectivity index (χ1) is 28.2. The van der Waals surface area contributed by atoms with Crippen LogP contribution >= 0.6 is 11.3 Å². The second kappa shape index (κ2) is 12.6. The molecule has 0 saturated carbocycles. The molecule has 0 atom stereocenters. The summed E-state index contributed by atoms with van der Waals surface area (Å²) in [6, 6.07) is 60.8. The standard InChI is InChI=1S/C51H29N3O2S/c1-3-14-30(15-4-1)49-52-50(31-16-5-2-6-17-31)54-51(53-49)39-24-12-23-36-35-22-11-20-33(47(35)56-48(36)39)32-28-40(45-37-18-7-9-25-41(37)55-42(45)29-32)34-21-13-27-44-46(34)38-19-8-10-26-43(38)57-44/h1-29H. The highest BCUT2D eigenvalue weighted by Crippen LogP contribution is 2.47. The minimum Gasteiger partial charge on any atom is -0.456 e. The van der Waals surface area contributed by atoms with Gasteiger partial charge in [0, 0.05) is 58.4 Å². The molecule has 0 spiro atoms. The summed E-state index contributed by atoms with van der Waals surface area (Å²) in [4.78, 5) is 15.0. The summed E-state index contributed by atoms with van der Waals surface area (Å²) in [6.07, 6.45) is 0. The predicted molar refractivity (Wildman–Crippen MR) is 234 cm³/mol. The van der Waals surface area contributed by atoms with Gasteiger partial charge in [0.1, 0.15) is 22.3 Å². The Morgan fingerprint density at radius 2 is 0.895 bits per heavy atom. The lowest BCUT2D eigenvalue weighted by molar-refractivity contribution is 0.668. The summed E-state index contributed by atoms with van der Waals surface area (Å²) in [7, 11) is 0. The molecule has 6 heteroatoms. The van der Waals surface area contributed by atoms with Crippen LogP contribution in [0.1, 0.15) is 0 Å². The van der Waals surface area contributed by atoms with E-state index in [1.807, 2.05) is 84.1 Å². The monoisotopic (exact) mass is 747 g/mol. The summed E-state index contributed by atoms with van der Waals surface area (Å²) in [6.45, 7) is 0. The molecular weight excluding hydrogens is 719 g/mol. The van der Waals surface area contributed by atoms with E-state index in [2.05, 4.69) is 103 Å². The van der Waals surface area contributed by atoms with Crippen LogP contribution in [0.3, 0.4) is 0 Å². The number of hydrogen-bond acceptors (Lipinski definition) is 6. The van der Waals surface area contributed by atoms with Gasteiger partial charge in [0.25, 0.3) is 0 Å². The lowest BCUT2D eigenvalue weighted by Gasteiger charge is -2.11. The molecule has 0 aliphatic rings. The highest BCUT2D eigenvalue weighted by atomic mass is 32.1. The molecule has 0 N–H and O–H groups in total. The van der Waals surface area contributed by atoms with E-state index in [4.69, 9.17) is 23.8 Å². The number of rotatable bonds is 5. The van der Waals surface area contributed by atoms with Gasteiger partial charge in [-0.15, -0.1) is 11.3 Å². The molecule has 5 nitrogen and oxygen atoms in total. The largest absolute Gasteiger partial charge is 0.456 e. The fourth-order valence-electron chi connectivity index (χ4n) is 8.37. The molecule has 0 bridgehead atoms. The number of thiophene rings is 1. The fourth-order valence-corrected chi connectivity index (χ4v) is 9.51. The van der Waals surface area contributed by atoms with Crippen LogP contribution in [0, 0.1) is 0 Å². The topological polar surface area (TPSA) is 65.0 Å². The lowest BCUT2D eigenvalue weighted by atomic mass is 9.91. The van der Waals surface area contributed by atoms with Crippen molar-refractivity contribution >= 4 is 75.4 Å². The summed E-state index contributed by atoms with van der Waals surface area (Å²) in [5.74, 6) is 1.76. The highest BCUT2D eigenvalue weighted by molar-refractivity contribution is 7.25. The van der Waals surface area contributed by atoms with E-state index in [1.165, 1.54) is 25.7 Å². The number of benzene rings is 8. The van der Waals surface area contributed by atoms with Crippen LogP contribution in [0.4, 0.5) is 0 Å². The van der Waals surface area contributed by atoms with E-state index in [0.717, 1.165) is 77.3 Å². The Kier molecular flexibility index (Phi) is 7.03. The number of furan rings is 2. The van der Waals surface area contributed by atoms with Gasteiger partial charge in [0.15, 0.2) is 17.5 Å². The van der Waals surface area contributed by atoms with Gasteiger partial charge < -0.3 is 8.83 Å². The molecule has 0 aliphatic heterocycles. The highest BCUT2D eigenvalue weighted by Gasteiger charge is 2.22. The van der Waals surface area contributed by atoms with Crippen molar-refractivity contribution in [2.45, 2.75) is 0 Å². The molecule has 57 heavy (non-hydrogen) atoms. The van der Waals surface area contributed by atoms with Crippen LogP contribution < -0.4 is 0 Å². The summed E-state index contributed by atoms with van der Waals surface area (Å²) in [5.41, 5.74) is 10.1. The van der Waals surface area contributed by atoms with E-state index in [-0.39, 0.29) is 0 Å². The van der Waals surface area contributed by atoms with Crippen LogP contribution in [0.25, 0.3) is 120 Å². The zero-order valence-electron chi connectivity index (χ0n) is 30.3. The van der Waals surface area contributed by atoms with Crippen molar-refractivity contribution in [2.24, 2.45) is 0 Å². The molecule has 12 aromatic rings. The first kappa shape index (κ1) is 31.9. The van der Waals surface area contributed by atoms with Crippen molar-refractivity contribution in [3.05, 3.63) is 176 Å². The summed E-state index contributed by atoms with van der Waals surface area (Å²) >= 11 is 1.83. The molecule has 4 aromatic heterocycles. The fraction of sp³-hybridized carbons (Fsp3) is 0. The molecule has 0 aliphatic carbocycles. The van der Waals surface area contributed by atoms with Crippen LogP contribution in [0.2, 0.25) is 0 Å². The van der Waals surface area contributed by atoms with Crippen molar-refractivity contribution in [2.75, 3.05) is 0 Å². The first-order valence-corrected chi connectivity index (χ1v) is 19.7. The minimum absolute atomic E-state index is 0.552. The number of hydrogen-bond donors (Lipinski definition) is 0. The van der Waals surface area contributed by atoms with Gasteiger partial charge in [0.2, 0.25) is 0 Å². The van der Waals surface area contributed by atoms with Gasteiger partial charge in [-0.3, -0.25) is 0 Å². The Balaban J connectivity index is 1.10. The maximum atomic E-state index is 7.02. The lowest BCUT2D eigenvalue weighted by Crippen LogP contribution is -2.00. The molecule has 12 rings (SSSR count).